The Bertz CT molecular complexity index is 436. The van der Waals surface area contributed by atoms with Gasteiger partial charge < -0.3 is 4.90 Å². The number of rotatable bonds is 5. The molecule has 3 nitrogen and oxygen atoms in total. The minimum atomic E-state index is -0.131. The van der Waals surface area contributed by atoms with E-state index in [0.717, 1.165) is 10.5 Å². The van der Waals surface area contributed by atoms with Crippen molar-refractivity contribution in [1.82, 2.24) is 4.90 Å². The van der Waals surface area contributed by atoms with Crippen LogP contribution in [0.25, 0.3) is 0 Å². The van der Waals surface area contributed by atoms with Crippen molar-refractivity contribution < 1.29 is 4.79 Å². The summed E-state index contributed by atoms with van der Waals surface area (Å²) in [6.07, 6.45) is 0.375. The number of hydrogen-bond acceptors (Lipinski definition) is 3. The Morgan fingerprint density at radius 2 is 2.06 bits per heavy atom. The average molecular weight is 262 g/mol. The Labute approximate surface area is 114 Å². The fourth-order valence-corrected chi connectivity index (χ4v) is 1.83. The number of carbonyl (C=O) groups excluding carboxylic acids is 1. The van der Waals surface area contributed by atoms with E-state index < -0.39 is 0 Å². The number of nitrogens with zero attached hydrogens (tertiary/aromatic N) is 2. The maximum atomic E-state index is 12.1. The normalized spacial score (nSPS) is 11.7. The van der Waals surface area contributed by atoms with Gasteiger partial charge in [0, 0.05) is 18.0 Å². The van der Waals surface area contributed by atoms with Gasteiger partial charge in [-0.1, -0.05) is 12.1 Å². The lowest BCUT2D eigenvalue weighted by Crippen LogP contribution is -2.35. The Morgan fingerprint density at radius 3 is 2.56 bits per heavy atom. The summed E-state index contributed by atoms with van der Waals surface area (Å²) in [5.41, 5.74) is 0.973. The summed E-state index contributed by atoms with van der Waals surface area (Å²) in [7, 11) is 0. The average Bonchev–Trinajstić information content (AvgIpc) is 2.38. The summed E-state index contributed by atoms with van der Waals surface area (Å²) in [6.45, 7) is 4.89. The second kappa shape index (κ2) is 7.07. The largest absolute Gasteiger partial charge is 0.341 e. The van der Waals surface area contributed by atoms with Crippen molar-refractivity contribution in [2.45, 2.75) is 25.2 Å². The predicted molar refractivity (Wildman–Crippen MR) is 74.4 cm³/mol. The first-order valence-corrected chi connectivity index (χ1v) is 6.46. The van der Waals surface area contributed by atoms with E-state index in [0.29, 0.717) is 19.5 Å². The molecular weight excluding hydrogens is 244 g/mol. The van der Waals surface area contributed by atoms with E-state index in [1.165, 1.54) is 0 Å². The molecule has 0 spiro atoms. The summed E-state index contributed by atoms with van der Waals surface area (Å²) >= 11 is 4.21. The minimum absolute atomic E-state index is 0.0616. The molecule has 0 aliphatic heterocycles. The van der Waals surface area contributed by atoms with Crippen molar-refractivity contribution in [3.05, 3.63) is 29.8 Å². The van der Waals surface area contributed by atoms with Crippen molar-refractivity contribution >= 4 is 18.5 Å². The second-order valence-electron chi connectivity index (χ2n) is 4.31. The van der Waals surface area contributed by atoms with Gasteiger partial charge in [-0.05, 0) is 31.5 Å². The topological polar surface area (TPSA) is 44.1 Å². The van der Waals surface area contributed by atoms with Crippen molar-refractivity contribution in [2.75, 3.05) is 13.1 Å². The zero-order valence-electron chi connectivity index (χ0n) is 10.8. The van der Waals surface area contributed by atoms with Gasteiger partial charge in [-0.25, -0.2) is 0 Å². The van der Waals surface area contributed by atoms with Crippen LogP contribution >= 0.6 is 12.6 Å². The first-order valence-electron chi connectivity index (χ1n) is 6.02. The van der Waals surface area contributed by atoms with E-state index in [1.807, 2.05) is 38.1 Å². The number of benzene rings is 1. The molecule has 0 radical (unpaired) electrons. The van der Waals surface area contributed by atoms with Gasteiger partial charge in [0.05, 0.1) is 18.4 Å². The van der Waals surface area contributed by atoms with Gasteiger partial charge in [0.2, 0.25) is 5.91 Å². The highest BCUT2D eigenvalue weighted by Crippen LogP contribution is 2.10. The van der Waals surface area contributed by atoms with Crippen molar-refractivity contribution in [3.8, 4) is 6.07 Å². The van der Waals surface area contributed by atoms with Crippen LogP contribution in [0.2, 0.25) is 0 Å². The van der Waals surface area contributed by atoms with Crippen molar-refractivity contribution in [3.63, 3.8) is 0 Å². The summed E-state index contributed by atoms with van der Waals surface area (Å²) in [4.78, 5) is 14.7. The second-order valence-corrected chi connectivity index (χ2v) is 4.82. The third-order valence-electron chi connectivity index (χ3n) is 2.74. The van der Waals surface area contributed by atoms with Crippen LogP contribution in [-0.4, -0.2) is 23.9 Å². The zero-order chi connectivity index (χ0) is 13.5. The zero-order valence-corrected chi connectivity index (χ0v) is 11.7. The van der Waals surface area contributed by atoms with Crippen LogP contribution in [0.15, 0.2) is 29.2 Å². The van der Waals surface area contributed by atoms with E-state index in [-0.39, 0.29) is 11.8 Å². The molecule has 1 unspecified atom stereocenters. The Kier molecular flexibility index (Phi) is 5.73. The quantitative estimate of drug-likeness (QED) is 0.829. The van der Waals surface area contributed by atoms with E-state index in [1.54, 1.807) is 4.90 Å². The smallest absolute Gasteiger partial charge is 0.227 e. The summed E-state index contributed by atoms with van der Waals surface area (Å²) in [5.74, 6) is -0.0692. The molecule has 1 atom stereocenters. The Morgan fingerprint density at radius 1 is 1.44 bits per heavy atom. The lowest BCUT2D eigenvalue weighted by Gasteiger charge is -2.22. The third-order valence-corrected chi connectivity index (χ3v) is 3.04. The molecule has 96 valence electrons. The summed E-state index contributed by atoms with van der Waals surface area (Å²) < 4.78 is 0. The number of amides is 1. The molecule has 1 aromatic rings. The van der Waals surface area contributed by atoms with E-state index in [9.17, 15) is 4.79 Å². The first-order chi connectivity index (χ1) is 8.56. The molecule has 0 aromatic heterocycles. The van der Waals surface area contributed by atoms with Crippen LogP contribution in [0.5, 0.6) is 0 Å². The number of hydrogen-bond donors (Lipinski definition) is 1. The maximum absolute atomic E-state index is 12.1. The van der Waals surface area contributed by atoms with Crippen LogP contribution in [0, 0.1) is 17.2 Å². The third kappa shape index (κ3) is 4.42. The van der Waals surface area contributed by atoms with Crippen LogP contribution in [0.4, 0.5) is 0 Å². The van der Waals surface area contributed by atoms with Gasteiger partial charge in [0.25, 0.3) is 0 Å². The van der Waals surface area contributed by atoms with Gasteiger partial charge in [-0.2, -0.15) is 5.26 Å². The molecule has 0 aliphatic carbocycles. The predicted octanol–water partition coefficient (Wildman–Crippen LogP) is 2.53. The molecule has 18 heavy (non-hydrogen) atoms. The fraction of sp³-hybridized carbons (Fsp3) is 0.429. The summed E-state index contributed by atoms with van der Waals surface area (Å²) in [6, 6.07) is 9.71. The molecule has 0 saturated carbocycles. The SMILES string of the molecule is CCN(CC(C)C#N)C(=O)Cc1ccc(S)cc1. The Hall–Kier alpha value is -1.47. The molecule has 1 aromatic carbocycles. The molecule has 0 fully saturated rings. The molecule has 0 bridgehead atoms. The van der Waals surface area contributed by atoms with Gasteiger partial charge in [0.15, 0.2) is 0 Å². The van der Waals surface area contributed by atoms with Gasteiger partial charge in [-0.3, -0.25) is 4.79 Å². The van der Waals surface area contributed by atoms with Gasteiger partial charge in [0.1, 0.15) is 0 Å². The minimum Gasteiger partial charge on any atom is -0.341 e. The number of carbonyl (C=O) groups is 1. The van der Waals surface area contributed by atoms with E-state index in [4.69, 9.17) is 5.26 Å². The highest BCUT2D eigenvalue weighted by molar-refractivity contribution is 7.80. The molecule has 1 amide bonds. The van der Waals surface area contributed by atoms with Gasteiger partial charge >= 0.3 is 0 Å². The van der Waals surface area contributed by atoms with Crippen molar-refractivity contribution in [1.29, 1.82) is 5.26 Å². The molecule has 0 saturated heterocycles. The van der Waals surface area contributed by atoms with Crippen molar-refractivity contribution in [2.24, 2.45) is 5.92 Å². The highest BCUT2D eigenvalue weighted by Gasteiger charge is 2.14. The maximum Gasteiger partial charge on any atom is 0.227 e. The molecule has 1 rings (SSSR count). The lowest BCUT2D eigenvalue weighted by molar-refractivity contribution is -0.130. The molecule has 0 heterocycles. The summed E-state index contributed by atoms with van der Waals surface area (Å²) in [5, 5.41) is 8.78. The highest BCUT2D eigenvalue weighted by atomic mass is 32.1. The van der Waals surface area contributed by atoms with Crippen LogP contribution in [0.1, 0.15) is 19.4 Å². The van der Waals surface area contributed by atoms with E-state index in [2.05, 4.69) is 18.7 Å². The number of thiol groups is 1. The monoisotopic (exact) mass is 262 g/mol. The molecule has 0 aliphatic rings. The van der Waals surface area contributed by atoms with Crippen LogP contribution < -0.4 is 0 Å². The van der Waals surface area contributed by atoms with E-state index >= 15 is 0 Å². The van der Waals surface area contributed by atoms with Gasteiger partial charge in [-0.15, -0.1) is 12.6 Å². The number of nitriles is 1. The van der Waals surface area contributed by atoms with Crippen LogP contribution in [-0.2, 0) is 11.2 Å². The fourth-order valence-electron chi connectivity index (χ4n) is 1.68. The molecule has 0 N–H and O–H groups in total. The standard InChI is InChI=1S/C14H18N2OS/c1-3-16(10-11(2)9-15)14(17)8-12-4-6-13(18)7-5-12/h4-7,11,18H,3,8,10H2,1-2H3. The van der Waals surface area contributed by atoms with Crippen LogP contribution in [0.3, 0.4) is 0 Å². The Balaban J connectivity index is 2.62. The lowest BCUT2D eigenvalue weighted by atomic mass is 10.1. The number of likely N-dealkylation sites (N-methyl/N-ethyl adjacent to an activating group) is 1. The molecular formula is C14H18N2OS. The molecule has 4 heteroatoms. The first kappa shape index (κ1) is 14.6.